The van der Waals surface area contributed by atoms with Crippen molar-refractivity contribution in [2.45, 2.75) is 32.6 Å². The molecule has 0 spiro atoms. The Morgan fingerprint density at radius 2 is 1.93 bits per heavy atom. The van der Waals surface area contributed by atoms with E-state index in [1.54, 1.807) is 11.3 Å². The van der Waals surface area contributed by atoms with E-state index in [4.69, 9.17) is 9.72 Å². The quantitative estimate of drug-likeness (QED) is 0.542. The second-order valence-electron chi connectivity index (χ2n) is 6.90. The minimum Gasteiger partial charge on any atom is -0.493 e. The fraction of sp³-hybridized carbons (Fsp3) is 0.273. The van der Waals surface area contributed by atoms with Crippen molar-refractivity contribution in [2.24, 2.45) is 0 Å². The lowest BCUT2D eigenvalue weighted by Crippen LogP contribution is -2.11. The minimum atomic E-state index is -0.0210. The molecule has 2 heterocycles. The van der Waals surface area contributed by atoms with E-state index in [2.05, 4.69) is 11.1 Å². The van der Waals surface area contributed by atoms with Gasteiger partial charge in [0.05, 0.1) is 12.0 Å². The number of nitrogens with one attached hydrogen (secondary N) is 1. The zero-order chi connectivity index (χ0) is 18.4. The van der Waals surface area contributed by atoms with E-state index in [0.717, 1.165) is 51.6 Å². The first-order valence-corrected chi connectivity index (χ1v) is 10.3. The van der Waals surface area contributed by atoms with E-state index in [0.29, 0.717) is 12.4 Å². The van der Waals surface area contributed by atoms with Crippen LogP contribution in [0.3, 0.4) is 0 Å². The van der Waals surface area contributed by atoms with Crippen LogP contribution in [0, 0.1) is 0 Å². The van der Waals surface area contributed by atoms with Crippen LogP contribution in [0.2, 0.25) is 0 Å². The number of aromatic nitrogens is 2. The number of benzene rings is 2. The summed E-state index contributed by atoms with van der Waals surface area (Å²) in [6, 6.07) is 12.1. The first-order valence-electron chi connectivity index (χ1n) is 9.45. The summed E-state index contributed by atoms with van der Waals surface area (Å²) in [6.07, 6.45) is 4.42. The number of H-pyrrole nitrogens is 1. The van der Waals surface area contributed by atoms with Crippen LogP contribution in [-0.2, 0) is 12.8 Å². The molecule has 0 bridgehead atoms. The van der Waals surface area contributed by atoms with Crippen molar-refractivity contribution in [1.29, 1.82) is 0 Å². The predicted molar refractivity (Wildman–Crippen MR) is 111 cm³/mol. The van der Waals surface area contributed by atoms with Gasteiger partial charge in [-0.3, -0.25) is 4.79 Å². The molecule has 1 aliphatic rings. The number of hydrogen-bond acceptors (Lipinski definition) is 4. The normalized spacial score (nSPS) is 13.8. The molecular weight excluding hydrogens is 356 g/mol. The van der Waals surface area contributed by atoms with Gasteiger partial charge in [-0.2, -0.15) is 0 Å². The maximum atomic E-state index is 12.9. The molecule has 0 unspecified atom stereocenters. The van der Waals surface area contributed by atoms with Crippen molar-refractivity contribution in [3.05, 3.63) is 57.2 Å². The van der Waals surface area contributed by atoms with Crippen LogP contribution < -0.4 is 10.3 Å². The van der Waals surface area contributed by atoms with Gasteiger partial charge in [-0.25, -0.2) is 4.98 Å². The number of ether oxygens (including phenoxy) is 1. The minimum absolute atomic E-state index is 0.0210. The van der Waals surface area contributed by atoms with E-state index in [-0.39, 0.29) is 5.56 Å². The molecule has 5 rings (SSSR count). The number of rotatable bonds is 3. The Morgan fingerprint density at radius 1 is 1.11 bits per heavy atom. The Morgan fingerprint density at radius 3 is 2.78 bits per heavy atom. The van der Waals surface area contributed by atoms with E-state index < -0.39 is 0 Å². The van der Waals surface area contributed by atoms with Crippen LogP contribution in [0.4, 0.5) is 0 Å². The Labute approximate surface area is 160 Å². The van der Waals surface area contributed by atoms with Crippen LogP contribution in [-0.4, -0.2) is 16.6 Å². The third-order valence-electron chi connectivity index (χ3n) is 5.26. The molecule has 5 heteroatoms. The molecule has 2 aromatic heterocycles. The van der Waals surface area contributed by atoms with Crippen LogP contribution in [0.15, 0.2) is 41.2 Å². The van der Waals surface area contributed by atoms with Crippen LogP contribution in [0.5, 0.6) is 5.75 Å². The molecule has 0 saturated heterocycles. The average Bonchev–Trinajstić information content (AvgIpc) is 3.07. The van der Waals surface area contributed by atoms with E-state index in [1.165, 1.54) is 16.9 Å². The van der Waals surface area contributed by atoms with Crippen LogP contribution in [0.1, 0.15) is 30.2 Å². The van der Waals surface area contributed by atoms with Gasteiger partial charge in [0.2, 0.25) is 0 Å². The van der Waals surface area contributed by atoms with Gasteiger partial charge in [0, 0.05) is 15.8 Å². The zero-order valence-electron chi connectivity index (χ0n) is 15.2. The zero-order valence-corrected chi connectivity index (χ0v) is 16.0. The number of nitrogens with zero attached hydrogens (tertiary/aromatic N) is 1. The van der Waals surface area contributed by atoms with E-state index >= 15 is 0 Å². The first kappa shape index (κ1) is 16.5. The summed E-state index contributed by atoms with van der Waals surface area (Å²) in [5.74, 6) is 1.48. The Kier molecular flexibility index (Phi) is 3.97. The van der Waals surface area contributed by atoms with Crippen molar-refractivity contribution in [1.82, 2.24) is 9.97 Å². The third-order valence-corrected chi connectivity index (χ3v) is 6.45. The lowest BCUT2D eigenvalue weighted by molar-refractivity contribution is 0.344. The topological polar surface area (TPSA) is 55.0 Å². The molecule has 1 aliphatic carbocycles. The molecule has 0 aliphatic heterocycles. The van der Waals surface area contributed by atoms with Crippen LogP contribution >= 0.6 is 11.3 Å². The summed E-state index contributed by atoms with van der Waals surface area (Å²) in [7, 11) is 0. The Bertz CT molecular complexity index is 1220. The van der Waals surface area contributed by atoms with Crippen LogP contribution in [0.25, 0.3) is 32.4 Å². The first-order chi connectivity index (χ1) is 13.3. The summed E-state index contributed by atoms with van der Waals surface area (Å²) < 4.78 is 5.77. The molecule has 0 amide bonds. The van der Waals surface area contributed by atoms with Gasteiger partial charge in [-0.15, -0.1) is 11.3 Å². The van der Waals surface area contributed by atoms with Crippen molar-refractivity contribution in [3.8, 4) is 17.1 Å². The largest absolute Gasteiger partial charge is 0.493 e. The highest BCUT2D eigenvalue weighted by atomic mass is 32.1. The monoisotopic (exact) mass is 376 g/mol. The molecular formula is C22H20N2O2S. The lowest BCUT2D eigenvalue weighted by Gasteiger charge is -2.11. The van der Waals surface area contributed by atoms with Gasteiger partial charge in [0.1, 0.15) is 16.4 Å². The standard InChI is InChI=1S/C22H20N2O2S/c1-2-26-17-12-11-15(13-7-3-4-8-14(13)17)20-23-21(25)19-16-9-5-6-10-18(16)27-22(19)24-20/h3-4,7-8,11-12H,2,5-6,9-10H2,1H3,(H,23,24,25). The summed E-state index contributed by atoms with van der Waals surface area (Å²) >= 11 is 1.68. The van der Waals surface area contributed by atoms with Crippen molar-refractivity contribution in [3.63, 3.8) is 0 Å². The SMILES string of the molecule is CCOc1ccc(-c2nc3sc4c(c3c(=O)[nH]2)CCCC4)c2ccccc12. The van der Waals surface area contributed by atoms with E-state index in [9.17, 15) is 4.79 Å². The molecule has 0 radical (unpaired) electrons. The highest BCUT2D eigenvalue weighted by Gasteiger charge is 2.20. The number of fused-ring (bicyclic) bond motifs is 4. The molecule has 1 N–H and O–H groups in total. The molecule has 2 aromatic carbocycles. The number of aromatic amines is 1. The molecule has 136 valence electrons. The maximum Gasteiger partial charge on any atom is 0.260 e. The second kappa shape index (κ2) is 6.50. The van der Waals surface area contributed by atoms with Crippen molar-refractivity contribution >= 4 is 32.3 Å². The summed E-state index contributed by atoms with van der Waals surface area (Å²) in [5.41, 5.74) is 2.13. The molecule has 27 heavy (non-hydrogen) atoms. The summed E-state index contributed by atoms with van der Waals surface area (Å²) in [4.78, 5) is 23.0. The van der Waals surface area contributed by atoms with Crippen molar-refractivity contribution < 1.29 is 4.74 Å². The number of thiophene rings is 1. The van der Waals surface area contributed by atoms with Gasteiger partial charge in [0.25, 0.3) is 5.56 Å². The van der Waals surface area contributed by atoms with Gasteiger partial charge in [-0.1, -0.05) is 24.3 Å². The third kappa shape index (κ3) is 2.65. The fourth-order valence-corrected chi connectivity index (χ4v) is 5.31. The predicted octanol–water partition coefficient (Wildman–Crippen LogP) is 5.08. The molecule has 4 nitrogen and oxygen atoms in total. The smallest absolute Gasteiger partial charge is 0.260 e. The van der Waals surface area contributed by atoms with Crippen molar-refractivity contribution in [2.75, 3.05) is 6.61 Å². The number of hydrogen-bond donors (Lipinski definition) is 1. The fourth-order valence-electron chi connectivity index (χ4n) is 4.05. The van der Waals surface area contributed by atoms with Gasteiger partial charge >= 0.3 is 0 Å². The lowest BCUT2D eigenvalue weighted by atomic mass is 9.97. The molecule has 0 atom stereocenters. The number of aryl methyl sites for hydroxylation is 2. The molecule has 4 aromatic rings. The van der Waals surface area contributed by atoms with Gasteiger partial charge in [0.15, 0.2) is 0 Å². The molecule has 0 fully saturated rings. The average molecular weight is 376 g/mol. The van der Waals surface area contributed by atoms with Gasteiger partial charge in [-0.05, 0) is 55.7 Å². The summed E-state index contributed by atoms with van der Waals surface area (Å²) in [6.45, 7) is 2.60. The second-order valence-corrected chi connectivity index (χ2v) is 7.98. The summed E-state index contributed by atoms with van der Waals surface area (Å²) in [5, 5.41) is 2.87. The van der Waals surface area contributed by atoms with Gasteiger partial charge < -0.3 is 9.72 Å². The Balaban J connectivity index is 1.75. The molecule has 0 saturated carbocycles. The highest BCUT2D eigenvalue weighted by molar-refractivity contribution is 7.18. The Hall–Kier alpha value is -2.66. The maximum absolute atomic E-state index is 12.9. The highest BCUT2D eigenvalue weighted by Crippen LogP contribution is 2.36. The van der Waals surface area contributed by atoms with E-state index in [1.807, 2.05) is 37.3 Å².